The molecule has 0 spiro atoms. The molecule has 0 saturated carbocycles. The van der Waals surface area contributed by atoms with Gasteiger partial charge in [0.1, 0.15) is 23.7 Å². The summed E-state index contributed by atoms with van der Waals surface area (Å²) >= 11 is 0. The van der Waals surface area contributed by atoms with Gasteiger partial charge in [-0.25, -0.2) is 4.79 Å². The molecule has 4 bridgehead atoms. The smallest absolute Gasteiger partial charge is 0.497 e. The van der Waals surface area contributed by atoms with Crippen LogP contribution in [-0.2, 0) is 9.47 Å². The second-order valence-electron chi connectivity index (χ2n) is 14.4. The Morgan fingerprint density at radius 2 is 1.20 bits per heavy atom. The summed E-state index contributed by atoms with van der Waals surface area (Å²) in [5, 5.41) is 1.81. The zero-order chi connectivity index (χ0) is 34.4. The Labute approximate surface area is 293 Å². The highest BCUT2D eigenvalue weighted by Gasteiger charge is 2.47. The normalized spacial score (nSPS) is 29.6. The summed E-state index contributed by atoms with van der Waals surface area (Å²) in [6.45, 7) is 12.0. The number of pyridine rings is 2. The maximum atomic E-state index is 14.5. The van der Waals surface area contributed by atoms with Crippen LogP contribution in [0.25, 0.3) is 21.8 Å². The molecule has 6 aliphatic rings. The van der Waals surface area contributed by atoms with Crippen molar-refractivity contribution in [2.75, 3.05) is 40.4 Å². The van der Waals surface area contributed by atoms with E-state index >= 15 is 0 Å². The van der Waals surface area contributed by atoms with Gasteiger partial charge in [0.05, 0.1) is 37.3 Å². The Morgan fingerprint density at radius 1 is 0.740 bits per heavy atom. The van der Waals surface area contributed by atoms with E-state index in [4.69, 9.17) is 18.9 Å². The lowest BCUT2D eigenvalue weighted by molar-refractivity contribution is -0.0939. The van der Waals surface area contributed by atoms with Gasteiger partial charge in [-0.3, -0.25) is 19.8 Å². The number of hydrogen-bond acceptors (Lipinski definition) is 9. The summed E-state index contributed by atoms with van der Waals surface area (Å²) in [4.78, 5) is 28.7. The molecule has 2 aromatic carbocycles. The van der Waals surface area contributed by atoms with Crippen LogP contribution in [0, 0.1) is 23.7 Å². The second kappa shape index (κ2) is 13.7. The molecule has 10 atom stereocenters. The fourth-order valence-corrected chi connectivity index (χ4v) is 9.36. The van der Waals surface area contributed by atoms with E-state index in [1.165, 1.54) is 0 Å². The fraction of sp³-hybridized carbons (Fsp3) is 0.439. The van der Waals surface area contributed by atoms with Gasteiger partial charge >= 0.3 is 6.16 Å². The molecule has 10 rings (SSSR count). The molecule has 10 unspecified atom stereocenters. The Balaban J connectivity index is 1.18. The SMILES string of the molecule is C=CC1CN2CCC1CC2C(OC(=O)OC(c1ccnc2ccc(OC)cc12)C1CC2CCN1CC2C=C)c1ccnc2ccc(OC)cc12. The van der Waals surface area contributed by atoms with Crippen LogP contribution < -0.4 is 9.47 Å². The first-order valence-electron chi connectivity index (χ1n) is 17.9. The maximum absolute atomic E-state index is 14.5. The molecule has 9 heteroatoms. The van der Waals surface area contributed by atoms with Gasteiger partial charge in [0.25, 0.3) is 0 Å². The topological polar surface area (TPSA) is 86.2 Å². The number of benzene rings is 2. The van der Waals surface area contributed by atoms with E-state index in [0.29, 0.717) is 23.7 Å². The number of hydrogen-bond donors (Lipinski definition) is 0. The molecule has 0 radical (unpaired) electrons. The highest BCUT2D eigenvalue weighted by atomic mass is 16.7. The fourth-order valence-electron chi connectivity index (χ4n) is 9.36. The number of piperidine rings is 6. The number of nitrogens with zero attached hydrogens (tertiary/aromatic N) is 4. The van der Waals surface area contributed by atoms with Crippen LogP contribution >= 0.6 is 0 Å². The molecule has 0 N–H and O–H groups in total. The van der Waals surface area contributed by atoms with E-state index < -0.39 is 18.4 Å². The van der Waals surface area contributed by atoms with Gasteiger partial charge in [0.15, 0.2) is 0 Å². The van der Waals surface area contributed by atoms with Crippen molar-refractivity contribution in [2.45, 2.75) is 50.0 Å². The third-order valence-corrected chi connectivity index (χ3v) is 12.0. The van der Waals surface area contributed by atoms with Crippen molar-refractivity contribution in [2.24, 2.45) is 23.7 Å². The van der Waals surface area contributed by atoms with E-state index in [9.17, 15) is 4.79 Å². The third-order valence-electron chi connectivity index (χ3n) is 12.0. The average Bonchev–Trinajstić information content (AvgIpc) is 3.18. The monoisotopic (exact) mass is 674 g/mol. The number of aromatic nitrogens is 2. The Morgan fingerprint density at radius 3 is 1.58 bits per heavy atom. The van der Waals surface area contributed by atoms with Crippen molar-refractivity contribution in [3.63, 3.8) is 0 Å². The zero-order valence-corrected chi connectivity index (χ0v) is 28.9. The molecule has 6 fully saturated rings. The first kappa shape index (κ1) is 32.7. The Bertz CT molecular complexity index is 1780. The minimum absolute atomic E-state index is 0.0124. The number of rotatable bonds is 10. The number of carbonyl (C=O) groups is 1. The van der Waals surface area contributed by atoms with Crippen LogP contribution in [-0.4, -0.2) is 78.4 Å². The predicted octanol–water partition coefficient (Wildman–Crippen LogP) is 7.53. The highest BCUT2D eigenvalue weighted by Crippen LogP contribution is 2.46. The molecule has 4 aromatic rings. The molecule has 0 aliphatic carbocycles. The summed E-state index contributed by atoms with van der Waals surface area (Å²) in [6.07, 6.45) is 10.00. The molecule has 9 nitrogen and oxygen atoms in total. The standard InChI is InChI=1S/C41H46N4O5/c1-5-25-23-44-17-13-27(25)19-37(44)39(31-11-15-42-35-9-7-29(47-3)21-33(31)35)49-41(46)50-40(38-20-28-14-18-45(38)24-26(28)6-2)32-12-16-43-36-10-8-30(48-4)22-34(32)36/h5-12,15-16,21-22,25-28,37-40H,1-2,13-14,17-20,23-24H2,3-4H3. The van der Waals surface area contributed by atoms with Gasteiger partial charge in [0, 0.05) is 47.4 Å². The lowest BCUT2D eigenvalue weighted by Crippen LogP contribution is -2.56. The third kappa shape index (κ3) is 5.90. The molecule has 6 saturated heterocycles. The first-order chi connectivity index (χ1) is 24.5. The van der Waals surface area contributed by atoms with Crippen molar-refractivity contribution in [3.8, 4) is 11.5 Å². The van der Waals surface area contributed by atoms with E-state index in [1.807, 2.05) is 48.5 Å². The molecule has 0 amide bonds. The van der Waals surface area contributed by atoms with Gasteiger partial charge in [-0.1, -0.05) is 12.2 Å². The van der Waals surface area contributed by atoms with E-state index in [2.05, 4.69) is 45.1 Å². The summed E-state index contributed by atoms with van der Waals surface area (Å²) in [7, 11) is 3.32. The molecule has 8 heterocycles. The van der Waals surface area contributed by atoms with Crippen molar-refractivity contribution >= 4 is 28.0 Å². The average molecular weight is 675 g/mol. The van der Waals surface area contributed by atoms with Crippen molar-refractivity contribution < 1.29 is 23.7 Å². The molecular formula is C41H46N4O5. The quantitative estimate of drug-likeness (QED) is 0.125. The van der Waals surface area contributed by atoms with Crippen LogP contribution in [0.2, 0.25) is 0 Å². The van der Waals surface area contributed by atoms with Gasteiger partial charge in [-0.05, 0) is 111 Å². The maximum Gasteiger partial charge on any atom is 0.509 e. The van der Waals surface area contributed by atoms with Crippen LogP contribution in [0.1, 0.15) is 49.0 Å². The van der Waals surface area contributed by atoms with E-state index in [0.717, 1.165) is 96.3 Å². The molecular weight excluding hydrogens is 628 g/mol. The molecule has 260 valence electrons. The highest BCUT2D eigenvalue weighted by molar-refractivity contribution is 5.85. The number of carbonyl (C=O) groups excluding carboxylic acids is 1. The largest absolute Gasteiger partial charge is 0.509 e. The predicted molar refractivity (Wildman–Crippen MR) is 193 cm³/mol. The lowest BCUT2D eigenvalue weighted by atomic mass is 9.73. The molecule has 6 aliphatic heterocycles. The Kier molecular flexibility index (Phi) is 8.95. The number of ether oxygens (including phenoxy) is 4. The minimum atomic E-state index is -0.674. The lowest BCUT2D eigenvalue weighted by Gasteiger charge is -2.51. The molecule has 2 aromatic heterocycles. The summed E-state index contributed by atoms with van der Waals surface area (Å²) in [6, 6.07) is 15.6. The van der Waals surface area contributed by atoms with Crippen LogP contribution in [0.15, 0.2) is 86.2 Å². The second-order valence-corrected chi connectivity index (χ2v) is 14.4. The Hall–Kier alpha value is -4.47. The van der Waals surface area contributed by atoms with E-state index in [-0.39, 0.29) is 12.1 Å². The zero-order valence-electron chi connectivity index (χ0n) is 28.9. The van der Waals surface area contributed by atoms with Gasteiger partial charge in [0.2, 0.25) is 0 Å². The van der Waals surface area contributed by atoms with Gasteiger partial charge in [-0.15, -0.1) is 13.2 Å². The summed E-state index contributed by atoms with van der Waals surface area (Å²) in [5.74, 6) is 3.29. The van der Waals surface area contributed by atoms with Crippen molar-refractivity contribution in [3.05, 3.63) is 97.4 Å². The van der Waals surface area contributed by atoms with Crippen molar-refractivity contribution in [1.82, 2.24) is 19.8 Å². The summed E-state index contributed by atoms with van der Waals surface area (Å²) < 4.78 is 24.5. The molecule has 50 heavy (non-hydrogen) atoms. The summed E-state index contributed by atoms with van der Waals surface area (Å²) in [5.41, 5.74) is 3.46. The minimum Gasteiger partial charge on any atom is -0.497 e. The van der Waals surface area contributed by atoms with Crippen LogP contribution in [0.3, 0.4) is 0 Å². The first-order valence-corrected chi connectivity index (χ1v) is 17.9. The van der Waals surface area contributed by atoms with Crippen LogP contribution in [0.4, 0.5) is 4.79 Å². The number of fused-ring (bicyclic) bond motifs is 8. The number of methoxy groups -OCH3 is 2. The van der Waals surface area contributed by atoms with Gasteiger partial charge in [-0.2, -0.15) is 0 Å². The van der Waals surface area contributed by atoms with E-state index in [1.54, 1.807) is 26.6 Å². The van der Waals surface area contributed by atoms with Gasteiger partial charge < -0.3 is 18.9 Å². The van der Waals surface area contributed by atoms with Crippen molar-refractivity contribution in [1.29, 1.82) is 0 Å². The van der Waals surface area contributed by atoms with Crippen LogP contribution in [0.5, 0.6) is 11.5 Å².